The Balaban J connectivity index is 2.15. The molecule has 0 spiro atoms. The Hall–Kier alpha value is -0.820. The van der Waals surface area contributed by atoms with E-state index < -0.39 is 0 Å². The van der Waals surface area contributed by atoms with Crippen LogP contribution in [0.2, 0.25) is 0 Å². The van der Waals surface area contributed by atoms with Gasteiger partial charge >= 0.3 is 0 Å². The maximum atomic E-state index is 10.3. The SMILES string of the molecule is CC(C)Cc1cccc(C2CCCCCC2O)c1. The third kappa shape index (κ3) is 3.58. The highest BCUT2D eigenvalue weighted by atomic mass is 16.3. The van der Waals surface area contributed by atoms with Crippen molar-refractivity contribution in [3.63, 3.8) is 0 Å². The topological polar surface area (TPSA) is 20.2 Å². The van der Waals surface area contributed by atoms with Crippen LogP contribution in [-0.4, -0.2) is 11.2 Å². The second kappa shape index (κ2) is 6.38. The lowest BCUT2D eigenvalue weighted by molar-refractivity contribution is 0.135. The van der Waals surface area contributed by atoms with E-state index in [1.807, 2.05) is 0 Å². The highest BCUT2D eigenvalue weighted by Crippen LogP contribution is 2.32. The zero-order valence-electron chi connectivity index (χ0n) is 11.7. The molecule has 100 valence electrons. The summed E-state index contributed by atoms with van der Waals surface area (Å²) in [4.78, 5) is 0. The van der Waals surface area contributed by atoms with Crippen molar-refractivity contribution >= 4 is 0 Å². The number of rotatable bonds is 3. The van der Waals surface area contributed by atoms with Crippen LogP contribution >= 0.6 is 0 Å². The first-order chi connectivity index (χ1) is 8.66. The van der Waals surface area contributed by atoms with Gasteiger partial charge in [-0.25, -0.2) is 0 Å². The van der Waals surface area contributed by atoms with Gasteiger partial charge in [0.25, 0.3) is 0 Å². The van der Waals surface area contributed by atoms with E-state index in [2.05, 4.69) is 38.1 Å². The van der Waals surface area contributed by atoms with Crippen molar-refractivity contribution in [2.45, 2.75) is 64.4 Å². The molecular weight excluding hydrogens is 220 g/mol. The molecule has 0 aromatic heterocycles. The number of aliphatic hydroxyl groups is 1. The lowest BCUT2D eigenvalue weighted by atomic mass is 9.87. The van der Waals surface area contributed by atoms with Crippen molar-refractivity contribution in [3.8, 4) is 0 Å². The van der Waals surface area contributed by atoms with Crippen molar-refractivity contribution in [3.05, 3.63) is 35.4 Å². The third-order valence-corrected chi connectivity index (χ3v) is 4.00. The van der Waals surface area contributed by atoms with Gasteiger partial charge in [0.15, 0.2) is 0 Å². The zero-order chi connectivity index (χ0) is 13.0. The molecule has 1 saturated carbocycles. The molecule has 0 radical (unpaired) electrons. The van der Waals surface area contributed by atoms with Gasteiger partial charge in [0.2, 0.25) is 0 Å². The van der Waals surface area contributed by atoms with E-state index in [4.69, 9.17) is 0 Å². The number of aliphatic hydroxyl groups excluding tert-OH is 1. The van der Waals surface area contributed by atoms with Gasteiger partial charge in [-0.15, -0.1) is 0 Å². The highest BCUT2D eigenvalue weighted by Gasteiger charge is 2.23. The number of hydrogen-bond donors (Lipinski definition) is 1. The maximum Gasteiger partial charge on any atom is 0.0608 e. The lowest BCUT2D eigenvalue weighted by Crippen LogP contribution is -2.17. The van der Waals surface area contributed by atoms with Crippen LogP contribution in [0.25, 0.3) is 0 Å². The second-order valence-electron chi connectivity index (χ2n) is 6.15. The van der Waals surface area contributed by atoms with Crippen LogP contribution in [0, 0.1) is 5.92 Å². The van der Waals surface area contributed by atoms with E-state index in [1.165, 1.54) is 30.4 Å². The summed E-state index contributed by atoms with van der Waals surface area (Å²) in [6.07, 6.45) is 6.84. The minimum atomic E-state index is -0.137. The first kappa shape index (κ1) is 13.6. The molecule has 1 N–H and O–H groups in total. The van der Waals surface area contributed by atoms with Gasteiger partial charge in [0, 0.05) is 5.92 Å². The molecule has 0 bridgehead atoms. The summed E-state index contributed by atoms with van der Waals surface area (Å²) >= 11 is 0. The predicted molar refractivity (Wildman–Crippen MR) is 76.8 cm³/mol. The van der Waals surface area contributed by atoms with Crippen LogP contribution in [-0.2, 0) is 6.42 Å². The molecule has 1 aromatic carbocycles. The molecule has 1 nitrogen and oxygen atoms in total. The van der Waals surface area contributed by atoms with E-state index in [9.17, 15) is 5.11 Å². The molecule has 1 heteroatoms. The Labute approximate surface area is 111 Å². The number of benzene rings is 1. The van der Waals surface area contributed by atoms with Crippen LogP contribution in [0.1, 0.15) is 63.0 Å². The van der Waals surface area contributed by atoms with E-state index in [-0.39, 0.29) is 6.10 Å². The molecule has 1 aliphatic rings. The summed E-state index contributed by atoms with van der Waals surface area (Å²) in [7, 11) is 0. The molecule has 1 aromatic rings. The fraction of sp³-hybridized carbons (Fsp3) is 0.647. The Morgan fingerprint density at radius 2 is 1.94 bits per heavy atom. The second-order valence-corrected chi connectivity index (χ2v) is 6.15. The average molecular weight is 246 g/mol. The van der Waals surface area contributed by atoms with Crippen LogP contribution in [0.4, 0.5) is 0 Å². The summed E-state index contributed by atoms with van der Waals surface area (Å²) in [6.45, 7) is 4.51. The number of hydrogen-bond acceptors (Lipinski definition) is 1. The van der Waals surface area contributed by atoms with Gasteiger partial charge in [-0.2, -0.15) is 0 Å². The molecule has 18 heavy (non-hydrogen) atoms. The Morgan fingerprint density at radius 3 is 2.72 bits per heavy atom. The molecule has 2 rings (SSSR count). The summed E-state index contributed by atoms with van der Waals surface area (Å²) in [5.74, 6) is 1.05. The van der Waals surface area contributed by atoms with E-state index in [0.717, 1.165) is 19.3 Å². The molecule has 0 amide bonds. The first-order valence-electron chi connectivity index (χ1n) is 7.43. The van der Waals surface area contributed by atoms with Crippen molar-refractivity contribution in [1.82, 2.24) is 0 Å². The fourth-order valence-electron chi connectivity index (χ4n) is 3.10. The van der Waals surface area contributed by atoms with Gasteiger partial charge in [-0.3, -0.25) is 0 Å². The van der Waals surface area contributed by atoms with Gasteiger partial charge in [-0.05, 0) is 36.3 Å². The minimum Gasteiger partial charge on any atom is -0.392 e. The lowest BCUT2D eigenvalue weighted by Gasteiger charge is -2.21. The third-order valence-electron chi connectivity index (χ3n) is 4.00. The van der Waals surface area contributed by atoms with Gasteiger partial charge in [-0.1, -0.05) is 57.4 Å². The standard InChI is InChI=1S/C17H26O/c1-13(2)11-14-7-6-8-15(12-14)16-9-4-3-5-10-17(16)18/h6-8,12-13,16-18H,3-5,9-11H2,1-2H3. The quantitative estimate of drug-likeness (QED) is 0.789. The van der Waals surface area contributed by atoms with Crippen molar-refractivity contribution in [2.75, 3.05) is 0 Å². The first-order valence-corrected chi connectivity index (χ1v) is 7.43. The molecular formula is C17H26O. The van der Waals surface area contributed by atoms with Crippen molar-refractivity contribution < 1.29 is 5.11 Å². The monoisotopic (exact) mass is 246 g/mol. The largest absolute Gasteiger partial charge is 0.392 e. The molecule has 2 atom stereocenters. The van der Waals surface area contributed by atoms with Crippen LogP contribution in [0.3, 0.4) is 0 Å². The van der Waals surface area contributed by atoms with E-state index in [0.29, 0.717) is 11.8 Å². The molecule has 2 unspecified atom stereocenters. The summed E-state index contributed by atoms with van der Waals surface area (Å²) in [6, 6.07) is 8.89. The smallest absolute Gasteiger partial charge is 0.0608 e. The zero-order valence-corrected chi connectivity index (χ0v) is 11.7. The van der Waals surface area contributed by atoms with Crippen LogP contribution in [0.15, 0.2) is 24.3 Å². The van der Waals surface area contributed by atoms with E-state index >= 15 is 0 Å². The normalized spacial score (nSPS) is 25.1. The van der Waals surface area contributed by atoms with Crippen LogP contribution < -0.4 is 0 Å². The summed E-state index contributed by atoms with van der Waals surface area (Å²) in [5, 5.41) is 10.3. The van der Waals surface area contributed by atoms with Gasteiger partial charge < -0.3 is 5.11 Å². The Kier molecular flexibility index (Phi) is 4.82. The maximum absolute atomic E-state index is 10.3. The average Bonchev–Trinajstić information content (AvgIpc) is 2.53. The fourth-order valence-corrected chi connectivity index (χ4v) is 3.10. The molecule has 1 fully saturated rings. The minimum absolute atomic E-state index is 0.137. The highest BCUT2D eigenvalue weighted by molar-refractivity contribution is 5.27. The Bertz CT molecular complexity index is 370. The van der Waals surface area contributed by atoms with Crippen LogP contribution in [0.5, 0.6) is 0 Å². The van der Waals surface area contributed by atoms with Crippen molar-refractivity contribution in [1.29, 1.82) is 0 Å². The predicted octanol–water partition coefficient (Wildman–Crippen LogP) is 4.29. The molecule has 1 aliphatic carbocycles. The molecule has 0 heterocycles. The summed E-state index contributed by atoms with van der Waals surface area (Å²) < 4.78 is 0. The van der Waals surface area contributed by atoms with E-state index in [1.54, 1.807) is 0 Å². The molecule has 0 aliphatic heterocycles. The van der Waals surface area contributed by atoms with Gasteiger partial charge in [0.1, 0.15) is 0 Å². The Morgan fingerprint density at radius 1 is 1.17 bits per heavy atom. The summed E-state index contributed by atoms with van der Waals surface area (Å²) in [5.41, 5.74) is 2.77. The van der Waals surface area contributed by atoms with Gasteiger partial charge in [0.05, 0.1) is 6.10 Å². The van der Waals surface area contributed by atoms with Crippen molar-refractivity contribution in [2.24, 2.45) is 5.92 Å². The molecule has 0 saturated heterocycles.